The third-order valence-electron chi connectivity index (χ3n) is 4.09. The zero-order chi connectivity index (χ0) is 18.6. The third-order valence-corrected chi connectivity index (χ3v) is 4.09. The molecule has 0 radical (unpaired) electrons. The Morgan fingerprint density at radius 3 is 2.36 bits per heavy atom. The number of hydrogen-bond acceptors (Lipinski definition) is 6. The van der Waals surface area contributed by atoms with Gasteiger partial charge in [0.25, 0.3) is 0 Å². The largest absolute Gasteiger partial charge is 0.465 e. The highest BCUT2D eigenvalue weighted by Crippen LogP contribution is 2.39. The van der Waals surface area contributed by atoms with Crippen LogP contribution in [0.1, 0.15) is 45.0 Å². The molecule has 0 bridgehead atoms. The van der Waals surface area contributed by atoms with Crippen LogP contribution in [0.2, 0.25) is 0 Å². The number of allylic oxidation sites excluding steroid dienone is 1. The van der Waals surface area contributed by atoms with E-state index in [-0.39, 0.29) is 13.2 Å². The molecule has 6 heteroatoms. The SMILES string of the molecule is CCOC(=O)C1=C(C)N=C(C)C(C(=O)OCC)C1c1cccc(C)n1. The van der Waals surface area contributed by atoms with Crippen molar-refractivity contribution >= 4 is 17.7 Å². The Hall–Kier alpha value is -2.50. The summed E-state index contributed by atoms with van der Waals surface area (Å²) in [4.78, 5) is 34.1. The molecule has 134 valence electrons. The number of pyridine rings is 1. The molecule has 0 aromatic carbocycles. The zero-order valence-corrected chi connectivity index (χ0v) is 15.3. The molecule has 0 saturated carbocycles. The molecule has 1 aromatic heterocycles. The van der Waals surface area contributed by atoms with Gasteiger partial charge in [-0.1, -0.05) is 6.07 Å². The molecule has 25 heavy (non-hydrogen) atoms. The number of carbonyl (C=O) groups excluding carboxylic acids is 2. The van der Waals surface area contributed by atoms with E-state index < -0.39 is 23.8 Å². The van der Waals surface area contributed by atoms with Gasteiger partial charge in [0.15, 0.2) is 0 Å². The first kappa shape index (κ1) is 18.8. The molecule has 2 unspecified atom stereocenters. The average Bonchev–Trinajstić information content (AvgIpc) is 2.54. The zero-order valence-electron chi connectivity index (χ0n) is 15.3. The molecule has 1 aromatic rings. The van der Waals surface area contributed by atoms with Crippen LogP contribution < -0.4 is 0 Å². The first-order chi connectivity index (χ1) is 11.9. The fourth-order valence-corrected chi connectivity index (χ4v) is 3.11. The van der Waals surface area contributed by atoms with E-state index in [0.717, 1.165) is 5.69 Å². The monoisotopic (exact) mass is 344 g/mol. The van der Waals surface area contributed by atoms with Crippen LogP contribution in [0.15, 0.2) is 34.5 Å². The van der Waals surface area contributed by atoms with Crippen molar-refractivity contribution in [1.82, 2.24) is 4.98 Å². The van der Waals surface area contributed by atoms with Crippen molar-refractivity contribution < 1.29 is 19.1 Å². The van der Waals surface area contributed by atoms with Gasteiger partial charge in [0.1, 0.15) is 5.92 Å². The van der Waals surface area contributed by atoms with Gasteiger partial charge in [0.2, 0.25) is 0 Å². The van der Waals surface area contributed by atoms with Gasteiger partial charge < -0.3 is 9.47 Å². The maximum Gasteiger partial charge on any atom is 0.336 e. The Kier molecular flexibility index (Phi) is 6.07. The molecule has 0 spiro atoms. The van der Waals surface area contributed by atoms with Crippen LogP contribution in [0.25, 0.3) is 0 Å². The Morgan fingerprint density at radius 2 is 1.76 bits per heavy atom. The quantitative estimate of drug-likeness (QED) is 0.768. The standard InChI is InChI=1S/C19H24N2O4/c1-6-24-18(22)15-12(4)21-13(5)16(19(23)25-7-2)17(15)14-10-8-9-11(3)20-14/h8-10,15,17H,6-7H2,1-5H3. The minimum absolute atomic E-state index is 0.246. The molecular weight excluding hydrogens is 320 g/mol. The van der Waals surface area contributed by atoms with Gasteiger partial charge in [-0.2, -0.15) is 0 Å². The Balaban J connectivity index is 2.62. The summed E-state index contributed by atoms with van der Waals surface area (Å²) < 4.78 is 10.4. The van der Waals surface area contributed by atoms with E-state index in [9.17, 15) is 9.59 Å². The van der Waals surface area contributed by atoms with E-state index >= 15 is 0 Å². The Morgan fingerprint density at radius 1 is 1.08 bits per heavy atom. The molecule has 0 N–H and O–H groups in total. The van der Waals surface area contributed by atoms with Crippen LogP contribution in [-0.2, 0) is 19.1 Å². The predicted octanol–water partition coefficient (Wildman–Crippen LogP) is 2.96. The highest BCUT2D eigenvalue weighted by atomic mass is 16.5. The summed E-state index contributed by atoms with van der Waals surface area (Å²) >= 11 is 0. The number of hydrogen-bond donors (Lipinski definition) is 0. The lowest BCUT2D eigenvalue weighted by atomic mass is 9.77. The van der Waals surface area contributed by atoms with Crippen molar-refractivity contribution in [2.24, 2.45) is 10.9 Å². The van der Waals surface area contributed by atoms with Gasteiger partial charge in [-0.25, -0.2) is 4.79 Å². The number of aliphatic imine (C=N–C) groups is 1. The average molecular weight is 344 g/mol. The molecular formula is C19H24N2O4. The Labute approximate surface area is 148 Å². The smallest absolute Gasteiger partial charge is 0.336 e. The number of nitrogens with zero attached hydrogens (tertiary/aromatic N) is 2. The minimum Gasteiger partial charge on any atom is -0.465 e. The lowest BCUT2D eigenvalue weighted by molar-refractivity contribution is -0.146. The van der Waals surface area contributed by atoms with E-state index in [0.29, 0.717) is 22.7 Å². The van der Waals surface area contributed by atoms with Crippen molar-refractivity contribution in [3.05, 3.63) is 40.9 Å². The normalized spacial score (nSPS) is 20.1. The summed E-state index contributed by atoms with van der Waals surface area (Å²) in [5.41, 5.74) is 2.96. The van der Waals surface area contributed by atoms with E-state index in [1.807, 2.05) is 25.1 Å². The molecule has 0 saturated heterocycles. The fourth-order valence-electron chi connectivity index (χ4n) is 3.11. The van der Waals surface area contributed by atoms with Crippen molar-refractivity contribution in [3.8, 4) is 0 Å². The second-order valence-corrected chi connectivity index (χ2v) is 5.88. The van der Waals surface area contributed by atoms with Gasteiger partial charge in [0.05, 0.1) is 24.7 Å². The van der Waals surface area contributed by atoms with Crippen LogP contribution >= 0.6 is 0 Å². The van der Waals surface area contributed by atoms with Crippen LogP contribution in [0, 0.1) is 12.8 Å². The molecule has 1 aliphatic heterocycles. The number of aromatic nitrogens is 1. The molecule has 2 heterocycles. The van der Waals surface area contributed by atoms with Crippen molar-refractivity contribution in [1.29, 1.82) is 0 Å². The van der Waals surface area contributed by atoms with Crippen molar-refractivity contribution in [3.63, 3.8) is 0 Å². The highest BCUT2D eigenvalue weighted by molar-refractivity contribution is 6.06. The summed E-state index contributed by atoms with van der Waals surface area (Å²) in [5.74, 6) is -2.15. The minimum atomic E-state index is -0.697. The van der Waals surface area contributed by atoms with Gasteiger partial charge in [0, 0.05) is 22.8 Å². The van der Waals surface area contributed by atoms with Gasteiger partial charge in [-0.05, 0) is 46.8 Å². The number of ether oxygens (including phenoxy) is 2. The van der Waals surface area contributed by atoms with E-state index in [1.54, 1.807) is 27.7 Å². The van der Waals surface area contributed by atoms with Crippen LogP contribution in [-0.4, -0.2) is 35.8 Å². The molecule has 2 atom stereocenters. The second-order valence-electron chi connectivity index (χ2n) is 5.88. The third kappa shape index (κ3) is 3.95. The van der Waals surface area contributed by atoms with E-state index in [2.05, 4.69) is 9.98 Å². The molecule has 0 amide bonds. The van der Waals surface area contributed by atoms with Gasteiger partial charge in [-0.3, -0.25) is 14.8 Å². The first-order valence-electron chi connectivity index (χ1n) is 8.43. The van der Waals surface area contributed by atoms with Crippen LogP contribution in [0.3, 0.4) is 0 Å². The Bertz CT molecular complexity index is 737. The molecule has 0 fully saturated rings. The summed E-state index contributed by atoms with van der Waals surface area (Å²) in [6.07, 6.45) is 0. The topological polar surface area (TPSA) is 77.8 Å². The lowest BCUT2D eigenvalue weighted by Gasteiger charge is -2.30. The van der Waals surface area contributed by atoms with E-state index in [1.165, 1.54) is 0 Å². The number of carbonyl (C=O) groups is 2. The van der Waals surface area contributed by atoms with Crippen LogP contribution in [0.5, 0.6) is 0 Å². The summed E-state index contributed by atoms with van der Waals surface area (Å²) in [6.45, 7) is 9.39. The summed E-state index contributed by atoms with van der Waals surface area (Å²) in [5, 5.41) is 0. The fraction of sp³-hybridized carbons (Fsp3) is 0.474. The number of rotatable bonds is 5. The summed E-state index contributed by atoms with van der Waals surface area (Å²) in [6, 6.07) is 5.54. The number of aryl methyl sites for hydroxylation is 1. The first-order valence-corrected chi connectivity index (χ1v) is 8.43. The molecule has 1 aliphatic rings. The maximum absolute atomic E-state index is 12.6. The maximum atomic E-state index is 12.6. The van der Waals surface area contributed by atoms with E-state index in [4.69, 9.17) is 9.47 Å². The lowest BCUT2D eigenvalue weighted by Crippen LogP contribution is -2.37. The van der Waals surface area contributed by atoms with Crippen molar-refractivity contribution in [2.45, 2.75) is 40.5 Å². The molecule has 6 nitrogen and oxygen atoms in total. The number of esters is 2. The summed E-state index contributed by atoms with van der Waals surface area (Å²) in [7, 11) is 0. The van der Waals surface area contributed by atoms with Crippen LogP contribution in [0.4, 0.5) is 0 Å². The van der Waals surface area contributed by atoms with Gasteiger partial charge >= 0.3 is 11.9 Å². The molecule has 2 rings (SSSR count). The second kappa shape index (κ2) is 8.05. The van der Waals surface area contributed by atoms with Crippen molar-refractivity contribution in [2.75, 3.05) is 13.2 Å². The highest BCUT2D eigenvalue weighted by Gasteiger charge is 2.43. The predicted molar refractivity (Wildman–Crippen MR) is 94.3 cm³/mol. The molecule has 0 aliphatic carbocycles. The van der Waals surface area contributed by atoms with Gasteiger partial charge in [-0.15, -0.1) is 0 Å².